The van der Waals surface area contributed by atoms with Gasteiger partial charge in [0.05, 0.1) is 18.1 Å². The molecule has 1 aliphatic heterocycles. The van der Waals surface area contributed by atoms with Crippen molar-refractivity contribution in [3.05, 3.63) is 66.4 Å². The molecule has 3 heterocycles. The molecule has 6 nitrogen and oxygen atoms in total. The number of rotatable bonds is 3. The summed E-state index contributed by atoms with van der Waals surface area (Å²) in [5.41, 5.74) is 4.04. The van der Waals surface area contributed by atoms with Crippen LogP contribution in [0.2, 0.25) is 0 Å². The van der Waals surface area contributed by atoms with Crippen LogP contribution >= 0.6 is 0 Å². The first-order valence-electron chi connectivity index (χ1n) is 9.15. The Labute approximate surface area is 158 Å². The Hall–Kier alpha value is -3.15. The highest BCUT2D eigenvalue weighted by atomic mass is 16.2. The maximum Gasteiger partial charge on any atom is 0.224 e. The molecule has 27 heavy (non-hydrogen) atoms. The lowest BCUT2D eigenvalue weighted by molar-refractivity contribution is -0.117. The van der Waals surface area contributed by atoms with E-state index in [9.17, 15) is 4.79 Å². The summed E-state index contributed by atoms with van der Waals surface area (Å²) in [6.45, 7) is 5.68. The first-order valence-corrected chi connectivity index (χ1v) is 9.15. The van der Waals surface area contributed by atoms with Crippen LogP contribution in [-0.2, 0) is 4.79 Å². The SMILES string of the molecule is CC(=O)N1c2ccc(-n3cnc(C)c3)cc2[C@H](Nc2ccccn2)C[C@@H]1C. The number of pyridine rings is 1. The topological polar surface area (TPSA) is 63.1 Å². The lowest BCUT2D eigenvalue weighted by Crippen LogP contribution is -2.43. The fraction of sp³-hybridized carbons (Fsp3) is 0.286. The van der Waals surface area contributed by atoms with Gasteiger partial charge in [0.15, 0.2) is 0 Å². The van der Waals surface area contributed by atoms with Gasteiger partial charge in [-0.05, 0) is 50.6 Å². The Morgan fingerprint density at radius 1 is 1.22 bits per heavy atom. The Kier molecular flexibility index (Phi) is 4.39. The molecule has 138 valence electrons. The lowest BCUT2D eigenvalue weighted by atomic mass is 9.91. The maximum absolute atomic E-state index is 12.3. The monoisotopic (exact) mass is 361 g/mol. The van der Waals surface area contributed by atoms with Crippen LogP contribution in [0.15, 0.2) is 55.1 Å². The highest BCUT2D eigenvalue weighted by Gasteiger charge is 2.32. The molecule has 4 rings (SSSR count). The summed E-state index contributed by atoms with van der Waals surface area (Å²) in [6, 6.07) is 12.2. The molecule has 1 N–H and O–H groups in total. The second-order valence-electron chi connectivity index (χ2n) is 7.05. The second kappa shape index (κ2) is 6.87. The number of carbonyl (C=O) groups is 1. The van der Waals surface area contributed by atoms with E-state index in [4.69, 9.17) is 0 Å². The smallest absolute Gasteiger partial charge is 0.224 e. The second-order valence-corrected chi connectivity index (χ2v) is 7.05. The van der Waals surface area contributed by atoms with Crippen molar-refractivity contribution in [3.8, 4) is 5.69 Å². The van der Waals surface area contributed by atoms with Gasteiger partial charge in [0, 0.05) is 42.3 Å². The molecule has 0 aliphatic carbocycles. The Balaban J connectivity index is 1.78. The third-order valence-corrected chi connectivity index (χ3v) is 5.00. The van der Waals surface area contributed by atoms with Crippen LogP contribution in [0, 0.1) is 6.92 Å². The molecule has 6 heteroatoms. The van der Waals surface area contributed by atoms with Gasteiger partial charge in [-0.1, -0.05) is 6.07 Å². The Morgan fingerprint density at radius 2 is 2.07 bits per heavy atom. The van der Waals surface area contributed by atoms with E-state index in [-0.39, 0.29) is 18.0 Å². The molecule has 3 aromatic rings. The van der Waals surface area contributed by atoms with Crippen LogP contribution in [0.3, 0.4) is 0 Å². The van der Waals surface area contributed by atoms with Crippen molar-refractivity contribution < 1.29 is 4.79 Å². The first kappa shape index (κ1) is 17.3. The predicted octanol–water partition coefficient (Wildman–Crippen LogP) is 3.87. The standard InChI is InChI=1S/C21H23N5O/c1-14-12-25(13-23-14)17-7-8-20-18(11-17)19(10-15(2)26(20)16(3)27)24-21-6-4-5-9-22-21/h4-9,11-13,15,19H,10H2,1-3H3,(H,22,24)/t15-,19+/m0/s1. The average Bonchev–Trinajstić information content (AvgIpc) is 3.08. The van der Waals surface area contributed by atoms with Crippen molar-refractivity contribution in [3.63, 3.8) is 0 Å². The van der Waals surface area contributed by atoms with Crippen molar-refractivity contribution in [1.29, 1.82) is 0 Å². The molecule has 1 amide bonds. The zero-order valence-corrected chi connectivity index (χ0v) is 15.8. The van der Waals surface area contributed by atoms with E-state index in [0.29, 0.717) is 0 Å². The number of aryl methyl sites for hydroxylation is 1. The fourth-order valence-electron chi connectivity index (χ4n) is 3.82. The van der Waals surface area contributed by atoms with E-state index < -0.39 is 0 Å². The number of anilines is 2. The molecule has 0 unspecified atom stereocenters. The fourth-order valence-corrected chi connectivity index (χ4v) is 3.82. The third-order valence-electron chi connectivity index (χ3n) is 5.00. The van der Waals surface area contributed by atoms with Gasteiger partial charge in [-0.15, -0.1) is 0 Å². The van der Waals surface area contributed by atoms with Gasteiger partial charge < -0.3 is 14.8 Å². The summed E-state index contributed by atoms with van der Waals surface area (Å²) in [5, 5.41) is 3.54. The minimum atomic E-state index is 0.0614. The van der Waals surface area contributed by atoms with Crippen molar-refractivity contribution in [2.75, 3.05) is 10.2 Å². The van der Waals surface area contributed by atoms with E-state index in [2.05, 4.69) is 28.3 Å². The Morgan fingerprint density at radius 3 is 2.74 bits per heavy atom. The largest absolute Gasteiger partial charge is 0.363 e. The number of imidazole rings is 1. The molecule has 0 bridgehead atoms. The molecule has 1 aromatic carbocycles. The number of hydrogen-bond acceptors (Lipinski definition) is 4. The zero-order chi connectivity index (χ0) is 19.0. The summed E-state index contributed by atoms with van der Waals surface area (Å²) in [7, 11) is 0. The number of carbonyl (C=O) groups excluding carboxylic acids is 1. The van der Waals surface area contributed by atoms with E-state index in [1.54, 1.807) is 13.1 Å². The number of nitrogens with one attached hydrogen (secondary N) is 1. The third kappa shape index (κ3) is 3.30. The normalized spacial score (nSPS) is 18.9. The van der Waals surface area contributed by atoms with Crippen molar-refractivity contribution in [2.45, 2.75) is 39.3 Å². The summed E-state index contributed by atoms with van der Waals surface area (Å²) >= 11 is 0. The molecular formula is C21H23N5O. The molecule has 2 aromatic heterocycles. The molecular weight excluding hydrogens is 338 g/mol. The van der Waals surface area contributed by atoms with Gasteiger partial charge in [0.1, 0.15) is 5.82 Å². The van der Waals surface area contributed by atoms with Crippen LogP contribution in [0.4, 0.5) is 11.5 Å². The van der Waals surface area contributed by atoms with Gasteiger partial charge >= 0.3 is 0 Å². The number of benzene rings is 1. The molecule has 0 radical (unpaired) electrons. The van der Waals surface area contributed by atoms with Crippen LogP contribution in [0.5, 0.6) is 0 Å². The predicted molar refractivity (Wildman–Crippen MR) is 106 cm³/mol. The highest BCUT2D eigenvalue weighted by molar-refractivity contribution is 5.94. The molecule has 1 aliphatic rings. The lowest BCUT2D eigenvalue weighted by Gasteiger charge is -2.39. The van der Waals surface area contributed by atoms with E-state index in [1.807, 2.05) is 59.2 Å². The van der Waals surface area contributed by atoms with Gasteiger partial charge in [-0.2, -0.15) is 0 Å². The molecule has 0 saturated heterocycles. The minimum absolute atomic E-state index is 0.0614. The minimum Gasteiger partial charge on any atom is -0.363 e. The molecule has 0 saturated carbocycles. The number of hydrogen-bond donors (Lipinski definition) is 1. The zero-order valence-electron chi connectivity index (χ0n) is 15.8. The van der Waals surface area contributed by atoms with E-state index in [1.165, 1.54) is 0 Å². The number of fused-ring (bicyclic) bond motifs is 1. The van der Waals surface area contributed by atoms with E-state index in [0.717, 1.165) is 34.9 Å². The quantitative estimate of drug-likeness (QED) is 0.769. The summed E-state index contributed by atoms with van der Waals surface area (Å²) < 4.78 is 2.00. The summed E-state index contributed by atoms with van der Waals surface area (Å²) in [4.78, 5) is 22.9. The van der Waals surface area contributed by atoms with Crippen LogP contribution < -0.4 is 10.2 Å². The van der Waals surface area contributed by atoms with Gasteiger partial charge in [-0.3, -0.25) is 4.79 Å². The van der Waals surface area contributed by atoms with Gasteiger partial charge in [0.2, 0.25) is 5.91 Å². The highest BCUT2D eigenvalue weighted by Crippen LogP contribution is 2.39. The summed E-state index contributed by atoms with van der Waals surface area (Å²) in [6.07, 6.45) is 6.40. The Bertz CT molecular complexity index is 966. The van der Waals surface area contributed by atoms with Crippen molar-refractivity contribution in [2.24, 2.45) is 0 Å². The van der Waals surface area contributed by atoms with Crippen LogP contribution in [0.1, 0.15) is 37.6 Å². The molecule has 2 atom stereocenters. The molecule has 0 fully saturated rings. The number of amides is 1. The van der Waals surface area contributed by atoms with Gasteiger partial charge in [0.25, 0.3) is 0 Å². The van der Waals surface area contributed by atoms with Crippen LogP contribution in [0.25, 0.3) is 5.69 Å². The van der Waals surface area contributed by atoms with Gasteiger partial charge in [-0.25, -0.2) is 9.97 Å². The van der Waals surface area contributed by atoms with E-state index >= 15 is 0 Å². The van der Waals surface area contributed by atoms with Crippen LogP contribution in [-0.4, -0.2) is 26.5 Å². The number of aromatic nitrogens is 3. The van der Waals surface area contributed by atoms with Crippen molar-refractivity contribution >= 4 is 17.4 Å². The average molecular weight is 361 g/mol. The summed E-state index contributed by atoms with van der Waals surface area (Å²) in [5.74, 6) is 0.895. The maximum atomic E-state index is 12.3. The molecule has 0 spiro atoms. The first-order chi connectivity index (χ1) is 13.0. The number of nitrogens with zero attached hydrogens (tertiary/aromatic N) is 4. The van der Waals surface area contributed by atoms with Crippen molar-refractivity contribution in [1.82, 2.24) is 14.5 Å².